The maximum absolute atomic E-state index is 12.2. The van der Waals surface area contributed by atoms with Crippen LogP contribution in [0.1, 0.15) is 22.8 Å². The molecule has 2 aromatic carbocycles. The molecule has 3 rings (SSSR count). The number of imidazole rings is 1. The van der Waals surface area contributed by atoms with Crippen LogP contribution < -0.4 is 5.32 Å². The molecule has 0 saturated carbocycles. The maximum atomic E-state index is 12.2. The number of anilines is 1. The third-order valence-electron chi connectivity index (χ3n) is 3.52. The minimum absolute atomic E-state index is 0.134. The molecule has 3 aromatic rings. The zero-order valence-electron chi connectivity index (χ0n) is 13.7. The Morgan fingerprint density at radius 2 is 1.96 bits per heavy atom. The van der Waals surface area contributed by atoms with Gasteiger partial charge < -0.3 is 14.6 Å². The number of benzene rings is 2. The van der Waals surface area contributed by atoms with Gasteiger partial charge in [0.2, 0.25) is 5.91 Å². The van der Waals surface area contributed by atoms with Crippen molar-refractivity contribution in [1.29, 1.82) is 0 Å². The Hall–Kier alpha value is -3.41. The molecule has 0 spiro atoms. The fourth-order valence-corrected chi connectivity index (χ4v) is 2.36. The average Bonchev–Trinajstić information content (AvgIpc) is 3.14. The van der Waals surface area contributed by atoms with Gasteiger partial charge in [-0.15, -0.1) is 0 Å². The van der Waals surface area contributed by atoms with E-state index in [0.717, 1.165) is 11.3 Å². The molecule has 0 radical (unpaired) electrons. The van der Waals surface area contributed by atoms with Crippen LogP contribution in [0.3, 0.4) is 0 Å². The lowest BCUT2D eigenvalue weighted by molar-refractivity contribution is -0.114. The van der Waals surface area contributed by atoms with Crippen LogP contribution in [0.2, 0.25) is 0 Å². The van der Waals surface area contributed by atoms with Crippen LogP contribution in [-0.2, 0) is 16.1 Å². The fraction of sp³-hybridized carbons (Fsp3) is 0.105. The van der Waals surface area contributed by atoms with E-state index in [4.69, 9.17) is 4.74 Å². The minimum atomic E-state index is -0.401. The summed E-state index contributed by atoms with van der Waals surface area (Å²) in [5, 5.41) is 2.70. The van der Waals surface area contributed by atoms with E-state index in [9.17, 15) is 9.59 Å². The number of amides is 1. The molecular formula is C19H17N3O3. The summed E-state index contributed by atoms with van der Waals surface area (Å²) in [5.74, 6) is -0.547. The Bertz CT molecular complexity index is 871. The lowest BCUT2D eigenvalue weighted by Gasteiger charge is -2.08. The van der Waals surface area contributed by atoms with Gasteiger partial charge in [0.15, 0.2) is 0 Å². The molecule has 1 N–H and O–H groups in total. The summed E-state index contributed by atoms with van der Waals surface area (Å²) < 4.78 is 7.18. The second kappa shape index (κ2) is 7.44. The number of ether oxygens (including phenoxy) is 1. The minimum Gasteiger partial charge on any atom is -0.457 e. The van der Waals surface area contributed by atoms with E-state index >= 15 is 0 Å². The van der Waals surface area contributed by atoms with E-state index in [2.05, 4.69) is 10.3 Å². The second-order valence-corrected chi connectivity index (χ2v) is 5.47. The third-order valence-corrected chi connectivity index (χ3v) is 3.52. The van der Waals surface area contributed by atoms with Gasteiger partial charge in [-0.1, -0.05) is 12.1 Å². The number of nitrogens with one attached hydrogen (secondary N) is 1. The molecule has 1 aromatic heterocycles. The second-order valence-electron chi connectivity index (χ2n) is 5.47. The summed E-state index contributed by atoms with van der Waals surface area (Å²) in [5.41, 5.74) is 2.86. The van der Waals surface area contributed by atoms with Crippen LogP contribution >= 0.6 is 0 Å². The highest BCUT2D eigenvalue weighted by Gasteiger charge is 2.08. The van der Waals surface area contributed by atoms with Crippen LogP contribution in [-0.4, -0.2) is 21.4 Å². The highest BCUT2D eigenvalue weighted by Crippen LogP contribution is 2.14. The fourth-order valence-electron chi connectivity index (χ4n) is 2.36. The lowest BCUT2D eigenvalue weighted by Crippen LogP contribution is -2.07. The normalized spacial score (nSPS) is 10.3. The van der Waals surface area contributed by atoms with Crippen LogP contribution in [0.15, 0.2) is 67.3 Å². The first kappa shape index (κ1) is 16.4. The number of aromatic nitrogens is 2. The van der Waals surface area contributed by atoms with E-state index in [0.29, 0.717) is 11.3 Å². The lowest BCUT2D eigenvalue weighted by atomic mass is 10.2. The van der Waals surface area contributed by atoms with E-state index in [-0.39, 0.29) is 12.5 Å². The van der Waals surface area contributed by atoms with Crippen molar-refractivity contribution in [2.24, 2.45) is 0 Å². The van der Waals surface area contributed by atoms with E-state index in [1.54, 1.807) is 42.9 Å². The molecule has 6 heteroatoms. The highest BCUT2D eigenvalue weighted by atomic mass is 16.5. The number of nitrogens with zero attached hydrogens (tertiary/aromatic N) is 2. The summed E-state index contributed by atoms with van der Waals surface area (Å²) in [4.78, 5) is 27.2. The number of hydrogen-bond donors (Lipinski definition) is 1. The van der Waals surface area contributed by atoms with Gasteiger partial charge in [0.05, 0.1) is 11.9 Å². The molecule has 126 valence electrons. The van der Waals surface area contributed by atoms with E-state index in [1.165, 1.54) is 6.92 Å². The molecular weight excluding hydrogens is 318 g/mol. The SMILES string of the molecule is CC(=O)Nc1cccc(COC(=O)c2ccc(-n3ccnc3)cc2)c1. The predicted octanol–water partition coefficient (Wildman–Crippen LogP) is 3.19. The number of carbonyl (C=O) groups is 2. The van der Waals surface area contributed by atoms with Crippen molar-refractivity contribution in [2.45, 2.75) is 13.5 Å². The zero-order valence-corrected chi connectivity index (χ0v) is 13.7. The van der Waals surface area contributed by atoms with Crippen molar-refractivity contribution in [1.82, 2.24) is 9.55 Å². The molecule has 0 aliphatic rings. The zero-order chi connectivity index (χ0) is 17.6. The van der Waals surface area contributed by atoms with Crippen LogP contribution in [0, 0.1) is 0 Å². The summed E-state index contributed by atoms with van der Waals surface area (Å²) in [6.07, 6.45) is 5.21. The number of esters is 1. The van der Waals surface area contributed by atoms with E-state index < -0.39 is 5.97 Å². The maximum Gasteiger partial charge on any atom is 0.338 e. The van der Waals surface area contributed by atoms with Gasteiger partial charge in [-0.2, -0.15) is 0 Å². The Balaban J connectivity index is 1.62. The Labute approximate surface area is 145 Å². The molecule has 0 fully saturated rings. The van der Waals surface area contributed by atoms with Crippen LogP contribution in [0.25, 0.3) is 5.69 Å². The number of carbonyl (C=O) groups excluding carboxylic acids is 2. The summed E-state index contributed by atoms with van der Waals surface area (Å²) >= 11 is 0. The highest BCUT2D eigenvalue weighted by molar-refractivity contribution is 5.90. The Kier molecular flexibility index (Phi) is 4.89. The van der Waals surface area contributed by atoms with Gasteiger partial charge in [0.1, 0.15) is 6.61 Å². The van der Waals surface area contributed by atoms with Crippen LogP contribution in [0.4, 0.5) is 5.69 Å². The summed E-state index contributed by atoms with van der Waals surface area (Å²) in [7, 11) is 0. The summed E-state index contributed by atoms with van der Waals surface area (Å²) in [6.45, 7) is 1.58. The molecule has 1 heterocycles. The average molecular weight is 335 g/mol. The van der Waals surface area contributed by atoms with Gasteiger partial charge in [-0.05, 0) is 42.0 Å². The Morgan fingerprint density at radius 1 is 1.16 bits per heavy atom. The first-order valence-corrected chi connectivity index (χ1v) is 7.74. The monoisotopic (exact) mass is 335 g/mol. The van der Waals surface area contributed by atoms with Crippen molar-refractivity contribution in [3.63, 3.8) is 0 Å². The van der Waals surface area contributed by atoms with Gasteiger partial charge in [0, 0.05) is 30.7 Å². The van der Waals surface area contributed by atoms with Gasteiger partial charge >= 0.3 is 5.97 Å². The van der Waals surface area contributed by atoms with E-state index in [1.807, 2.05) is 29.0 Å². The topological polar surface area (TPSA) is 73.2 Å². The molecule has 6 nitrogen and oxygen atoms in total. The standard InChI is InChI=1S/C19H17N3O3/c1-14(23)21-17-4-2-3-15(11-17)12-25-19(24)16-5-7-18(8-6-16)22-10-9-20-13-22/h2-11,13H,12H2,1H3,(H,21,23). The van der Waals surface area contributed by atoms with Crippen molar-refractivity contribution in [2.75, 3.05) is 5.32 Å². The molecule has 0 bridgehead atoms. The van der Waals surface area contributed by atoms with Gasteiger partial charge in [-0.25, -0.2) is 9.78 Å². The summed E-state index contributed by atoms with van der Waals surface area (Å²) in [6, 6.07) is 14.3. The quantitative estimate of drug-likeness (QED) is 0.727. The van der Waals surface area contributed by atoms with Gasteiger partial charge in [0.25, 0.3) is 0 Å². The largest absolute Gasteiger partial charge is 0.457 e. The van der Waals surface area contributed by atoms with Crippen molar-refractivity contribution < 1.29 is 14.3 Å². The first-order chi connectivity index (χ1) is 12.1. The third kappa shape index (κ3) is 4.32. The molecule has 25 heavy (non-hydrogen) atoms. The molecule has 0 aliphatic heterocycles. The van der Waals surface area contributed by atoms with Crippen molar-refractivity contribution in [3.05, 3.63) is 78.4 Å². The van der Waals surface area contributed by atoms with Crippen LogP contribution in [0.5, 0.6) is 0 Å². The molecule has 0 atom stereocenters. The van der Waals surface area contributed by atoms with Gasteiger partial charge in [-0.3, -0.25) is 4.79 Å². The van der Waals surface area contributed by atoms with Crippen molar-refractivity contribution in [3.8, 4) is 5.69 Å². The van der Waals surface area contributed by atoms with Crippen molar-refractivity contribution >= 4 is 17.6 Å². The molecule has 1 amide bonds. The number of hydrogen-bond acceptors (Lipinski definition) is 4. The Morgan fingerprint density at radius 3 is 2.64 bits per heavy atom. The molecule has 0 saturated heterocycles. The number of rotatable bonds is 5. The molecule has 0 unspecified atom stereocenters. The first-order valence-electron chi connectivity index (χ1n) is 7.74. The smallest absolute Gasteiger partial charge is 0.338 e. The predicted molar refractivity (Wildman–Crippen MR) is 93.4 cm³/mol. The molecule has 0 aliphatic carbocycles.